The highest BCUT2D eigenvalue weighted by Gasteiger charge is 2.08. The normalized spacial score (nSPS) is 12.2. The van der Waals surface area contributed by atoms with Crippen LogP contribution in [0.25, 0.3) is 0 Å². The molecule has 3 nitrogen and oxygen atoms in total. The van der Waals surface area contributed by atoms with Crippen molar-refractivity contribution in [3.8, 4) is 5.75 Å². The molecule has 0 radical (unpaired) electrons. The fraction of sp³-hybridized carbons (Fsp3) is 0.385. The van der Waals surface area contributed by atoms with E-state index in [9.17, 15) is 0 Å². The van der Waals surface area contributed by atoms with Gasteiger partial charge in [0.05, 0.1) is 7.11 Å². The average Bonchev–Trinajstić information content (AvgIpc) is 2.28. The SMILES string of the molecule is C=C(C)CC(Cc1cccc(OC)c1)NN. The van der Waals surface area contributed by atoms with Crippen molar-refractivity contribution in [1.82, 2.24) is 5.43 Å². The van der Waals surface area contributed by atoms with E-state index in [1.165, 1.54) is 5.56 Å². The fourth-order valence-electron chi connectivity index (χ4n) is 1.69. The van der Waals surface area contributed by atoms with Crippen molar-refractivity contribution in [1.29, 1.82) is 0 Å². The van der Waals surface area contributed by atoms with Gasteiger partial charge in [-0.2, -0.15) is 0 Å². The van der Waals surface area contributed by atoms with Gasteiger partial charge in [0.1, 0.15) is 5.75 Å². The van der Waals surface area contributed by atoms with Crippen LogP contribution in [0.15, 0.2) is 36.4 Å². The largest absolute Gasteiger partial charge is 0.497 e. The van der Waals surface area contributed by atoms with Gasteiger partial charge < -0.3 is 4.74 Å². The van der Waals surface area contributed by atoms with E-state index in [0.717, 1.165) is 24.2 Å². The molecule has 1 unspecified atom stereocenters. The first-order valence-electron chi connectivity index (χ1n) is 5.39. The molecule has 0 fully saturated rings. The highest BCUT2D eigenvalue weighted by Crippen LogP contribution is 2.15. The van der Waals surface area contributed by atoms with Crippen LogP contribution >= 0.6 is 0 Å². The number of nitrogens with two attached hydrogens (primary N) is 1. The number of hydrazine groups is 1. The van der Waals surface area contributed by atoms with Crippen LogP contribution in [0.3, 0.4) is 0 Å². The molecule has 0 spiro atoms. The van der Waals surface area contributed by atoms with Crippen LogP contribution in [-0.4, -0.2) is 13.2 Å². The van der Waals surface area contributed by atoms with Gasteiger partial charge in [0.2, 0.25) is 0 Å². The van der Waals surface area contributed by atoms with Gasteiger partial charge >= 0.3 is 0 Å². The number of benzene rings is 1. The molecule has 3 N–H and O–H groups in total. The zero-order valence-electron chi connectivity index (χ0n) is 9.99. The molecule has 0 saturated carbocycles. The third-order valence-electron chi connectivity index (χ3n) is 2.45. The third-order valence-corrected chi connectivity index (χ3v) is 2.45. The zero-order chi connectivity index (χ0) is 12.0. The van der Waals surface area contributed by atoms with E-state index in [4.69, 9.17) is 10.6 Å². The quantitative estimate of drug-likeness (QED) is 0.438. The lowest BCUT2D eigenvalue weighted by Crippen LogP contribution is -2.36. The predicted octanol–water partition coefficient (Wildman–Crippen LogP) is 2.04. The number of ether oxygens (including phenoxy) is 1. The second kappa shape index (κ2) is 6.30. The summed E-state index contributed by atoms with van der Waals surface area (Å²) in [6, 6.07) is 8.26. The molecule has 0 saturated heterocycles. The molecule has 16 heavy (non-hydrogen) atoms. The summed E-state index contributed by atoms with van der Waals surface area (Å²) in [7, 11) is 1.67. The maximum atomic E-state index is 5.52. The molecular weight excluding hydrogens is 200 g/mol. The molecule has 1 rings (SSSR count). The van der Waals surface area contributed by atoms with Crippen molar-refractivity contribution in [2.45, 2.75) is 25.8 Å². The Bertz CT molecular complexity index is 350. The maximum Gasteiger partial charge on any atom is 0.119 e. The molecule has 0 bridgehead atoms. The third kappa shape index (κ3) is 4.04. The lowest BCUT2D eigenvalue weighted by atomic mass is 10.0. The maximum absolute atomic E-state index is 5.52. The fourth-order valence-corrected chi connectivity index (χ4v) is 1.69. The highest BCUT2D eigenvalue weighted by molar-refractivity contribution is 5.29. The summed E-state index contributed by atoms with van der Waals surface area (Å²) in [6.45, 7) is 5.91. The van der Waals surface area contributed by atoms with Gasteiger partial charge in [-0.3, -0.25) is 11.3 Å². The first kappa shape index (κ1) is 12.7. The number of hydrogen-bond donors (Lipinski definition) is 2. The van der Waals surface area contributed by atoms with Crippen molar-refractivity contribution in [2.24, 2.45) is 5.84 Å². The molecular formula is C13H20N2O. The van der Waals surface area contributed by atoms with Crippen LogP contribution in [0, 0.1) is 0 Å². The van der Waals surface area contributed by atoms with Crippen LogP contribution in [-0.2, 0) is 6.42 Å². The lowest BCUT2D eigenvalue weighted by Gasteiger charge is -2.16. The van der Waals surface area contributed by atoms with Crippen LogP contribution < -0.4 is 16.0 Å². The smallest absolute Gasteiger partial charge is 0.119 e. The molecule has 0 aliphatic heterocycles. The molecule has 0 amide bonds. The summed E-state index contributed by atoms with van der Waals surface area (Å²) < 4.78 is 5.18. The minimum absolute atomic E-state index is 0.226. The number of rotatable bonds is 6. The van der Waals surface area contributed by atoms with Crippen molar-refractivity contribution >= 4 is 0 Å². The molecule has 0 heterocycles. The van der Waals surface area contributed by atoms with Crippen molar-refractivity contribution in [2.75, 3.05) is 7.11 Å². The monoisotopic (exact) mass is 220 g/mol. The Morgan fingerprint density at radius 2 is 2.31 bits per heavy atom. The second-order valence-electron chi connectivity index (χ2n) is 4.08. The summed E-state index contributed by atoms with van der Waals surface area (Å²) in [4.78, 5) is 0. The van der Waals surface area contributed by atoms with E-state index in [-0.39, 0.29) is 6.04 Å². The second-order valence-corrected chi connectivity index (χ2v) is 4.08. The summed E-state index contributed by atoms with van der Waals surface area (Å²) in [6.07, 6.45) is 1.76. The topological polar surface area (TPSA) is 47.3 Å². The molecule has 88 valence electrons. The number of methoxy groups -OCH3 is 1. The van der Waals surface area contributed by atoms with Gasteiger partial charge in [-0.15, -0.1) is 6.58 Å². The summed E-state index contributed by atoms with van der Waals surface area (Å²) >= 11 is 0. The van der Waals surface area contributed by atoms with Crippen LogP contribution in [0.1, 0.15) is 18.9 Å². The van der Waals surface area contributed by atoms with Crippen molar-refractivity contribution in [3.05, 3.63) is 42.0 Å². The summed E-state index contributed by atoms with van der Waals surface area (Å²) in [5, 5.41) is 0. The van der Waals surface area contributed by atoms with Gasteiger partial charge in [0.15, 0.2) is 0 Å². The minimum Gasteiger partial charge on any atom is -0.497 e. The van der Waals surface area contributed by atoms with E-state index in [2.05, 4.69) is 18.1 Å². The van der Waals surface area contributed by atoms with E-state index in [1.807, 2.05) is 25.1 Å². The molecule has 0 aliphatic carbocycles. The van der Waals surface area contributed by atoms with Gasteiger partial charge in [-0.25, -0.2) is 0 Å². The lowest BCUT2D eigenvalue weighted by molar-refractivity contribution is 0.413. The van der Waals surface area contributed by atoms with Gasteiger partial charge in [0, 0.05) is 6.04 Å². The Morgan fingerprint density at radius 3 is 2.88 bits per heavy atom. The molecule has 0 aliphatic rings. The Balaban J connectivity index is 2.65. The van der Waals surface area contributed by atoms with E-state index in [1.54, 1.807) is 7.11 Å². The predicted molar refractivity (Wildman–Crippen MR) is 67.2 cm³/mol. The summed E-state index contributed by atoms with van der Waals surface area (Å²) in [5.74, 6) is 6.40. The minimum atomic E-state index is 0.226. The number of hydrogen-bond acceptors (Lipinski definition) is 3. The molecule has 1 atom stereocenters. The number of nitrogens with one attached hydrogen (secondary N) is 1. The molecule has 0 aromatic heterocycles. The first-order valence-corrected chi connectivity index (χ1v) is 5.39. The van der Waals surface area contributed by atoms with Gasteiger partial charge in [-0.1, -0.05) is 17.7 Å². The Hall–Kier alpha value is -1.32. The van der Waals surface area contributed by atoms with E-state index < -0.39 is 0 Å². The molecule has 1 aromatic carbocycles. The molecule has 1 aromatic rings. The van der Waals surface area contributed by atoms with Gasteiger partial charge in [-0.05, 0) is 37.5 Å². The van der Waals surface area contributed by atoms with Crippen LogP contribution in [0.4, 0.5) is 0 Å². The van der Waals surface area contributed by atoms with E-state index >= 15 is 0 Å². The van der Waals surface area contributed by atoms with Gasteiger partial charge in [0.25, 0.3) is 0 Å². The Kier molecular flexibility index (Phi) is 5.02. The average molecular weight is 220 g/mol. The van der Waals surface area contributed by atoms with Crippen LogP contribution in [0.2, 0.25) is 0 Å². The van der Waals surface area contributed by atoms with Crippen LogP contribution in [0.5, 0.6) is 5.75 Å². The Labute approximate surface area is 97.3 Å². The van der Waals surface area contributed by atoms with Crippen molar-refractivity contribution in [3.63, 3.8) is 0 Å². The Morgan fingerprint density at radius 1 is 1.56 bits per heavy atom. The zero-order valence-corrected chi connectivity index (χ0v) is 9.99. The highest BCUT2D eigenvalue weighted by atomic mass is 16.5. The first-order chi connectivity index (χ1) is 7.65. The standard InChI is InChI=1S/C13H20N2O/c1-10(2)7-12(15-14)8-11-5-4-6-13(9-11)16-3/h4-6,9,12,15H,1,7-8,14H2,2-3H3. The van der Waals surface area contributed by atoms with Crippen molar-refractivity contribution < 1.29 is 4.74 Å². The van der Waals surface area contributed by atoms with E-state index in [0.29, 0.717) is 0 Å². The molecule has 3 heteroatoms. The summed E-state index contributed by atoms with van der Waals surface area (Å²) in [5.41, 5.74) is 5.16.